The number of oxime groups is 1. The number of amides is 2. The highest BCUT2D eigenvalue weighted by molar-refractivity contribution is 8.00. The smallest absolute Gasteiger partial charge is 0.313 e. The van der Waals surface area contributed by atoms with E-state index in [-0.39, 0.29) is 24.0 Å². The highest BCUT2D eigenvalue weighted by Gasteiger charge is 2.57. The van der Waals surface area contributed by atoms with Gasteiger partial charge in [-0.15, -0.1) is 23.4 Å². The number of rotatable bonds is 12. The van der Waals surface area contributed by atoms with Crippen LogP contribution in [0.3, 0.4) is 0 Å². The molecule has 3 atom stereocenters. The molecule has 242 valence electrons. The average Bonchev–Trinajstić information content (AvgIpc) is 3.58. The van der Waals surface area contributed by atoms with E-state index in [2.05, 4.69) is 30.0 Å². The maximum Gasteiger partial charge on any atom is 0.313 e. The minimum Gasteiger partial charge on any atom is -0.481 e. The van der Waals surface area contributed by atoms with E-state index in [0.29, 0.717) is 5.13 Å². The van der Waals surface area contributed by atoms with E-state index in [4.69, 9.17) is 11.6 Å². The van der Waals surface area contributed by atoms with Crippen LogP contribution in [0.2, 0.25) is 0 Å². The van der Waals surface area contributed by atoms with Crippen molar-refractivity contribution in [3.8, 4) is 0 Å². The summed E-state index contributed by atoms with van der Waals surface area (Å²) in [7, 11) is 0. The van der Waals surface area contributed by atoms with E-state index in [0.717, 1.165) is 28.2 Å². The fourth-order valence-corrected chi connectivity index (χ4v) is 8.26. The Labute approximate surface area is 282 Å². The Hall–Kier alpha value is -4.53. The molecule has 2 amide bonds. The monoisotopic (exact) mass is 694 g/mol. The third-order valence-corrected chi connectivity index (χ3v) is 10.8. The number of fused-ring (bicyclic) bond motifs is 1. The quantitative estimate of drug-likeness (QED) is 0.0650. The minimum atomic E-state index is -1.31. The number of anilines is 1. The molecule has 2 saturated heterocycles. The molecular formula is C32H28ClFN6O5S2. The Bertz CT molecular complexity index is 1690. The SMILES string of the molecule is O=C(N[C@@H]1C(=O)N2CC(CCl)(C(=O)O)CS[C@H]12)C(=NOCF)c1nsc(NC(c2ccccc2)(c2ccccc2)c2ccccc2)n1. The molecule has 2 aliphatic heterocycles. The van der Waals surface area contributed by atoms with Crippen molar-refractivity contribution in [2.24, 2.45) is 10.6 Å². The maximum atomic E-state index is 13.5. The molecule has 0 saturated carbocycles. The van der Waals surface area contributed by atoms with Gasteiger partial charge < -0.3 is 25.5 Å². The first-order valence-corrected chi connectivity index (χ1v) is 16.8. The second-order valence-corrected chi connectivity index (χ2v) is 13.0. The van der Waals surface area contributed by atoms with E-state index in [1.165, 1.54) is 16.7 Å². The van der Waals surface area contributed by atoms with E-state index >= 15 is 0 Å². The van der Waals surface area contributed by atoms with Gasteiger partial charge in [0, 0.05) is 29.7 Å². The fourth-order valence-electron chi connectivity index (χ4n) is 5.69. The molecule has 4 aromatic rings. The van der Waals surface area contributed by atoms with Gasteiger partial charge in [0.25, 0.3) is 12.8 Å². The number of carboxylic acid groups (broad SMARTS) is 1. The summed E-state index contributed by atoms with van der Waals surface area (Å²) in [5.74, 6) is -2.55. The van der Waals surface area contributed by atoms with Crippen molar-refractivity contribution < 1.29 is 28.7 Å². The number of hydrogen-bond donors (Lipinski definition) is 3. The van der Waals surface area contributed by atoms with Crippen LogP contribution in [0.15, 0.2) is 96.2 Å². The standard InChI is InChI=1S/C32H28ClFN6O5S2/c33-16-31(29(43)44)17-40-27(42)24(28(40)46-18-31)35-26(41)23(38-45-19-34)25-36-30(47-39-25)37-32(20-10-4-1-5-11-20,21-12-6-2-7-13-21)22-14-8-3-9-15-22/h1-15,24,28H,16-19H2,(H,35,41)(H,43,44)(H,36,37,39)/t24-,28-,31?/m1/s1. The summed E-state index contributed by atoms with van der Waals surface area (Å²) in [4.78, 5) is 48.9. The molecule has 11 nitrogen and oxygen atoms in total. The lowest BCUT2D eigenvalue weighted by Gasteiger charge is -2.53. The summed E-state index contributed by atoms with van der Waals surface area (Å²) >= 11 is 8.14. The molecule has 6 rings (SSSR count). The number of halogens is 2. The largest absolute Gasteiger partial charge is 0.481 e. The molecular weight excluding hydrogens is 667 g/mol. The zero-order valence-corrected chi connectivity index (χ0v) is 27.0. The van der Waals surface area contributed by atoms with Crippen molar-refractivity contribution in [1.82, 2.24) is 19.6 Å². The molecule has 2 aliphatic rings. The number of alkyl halides is 2. The molecule has 15 heteroatoms. The number of nitrogens with zero attached hydrogens (tertiary/aromatic N) is 4. The zero-order chi connectivity index (χ0) is 33.0. The van der Waals surface area contributed by atoms with Crippen molar-refractivity contribution in [2.45, 2.75) is 17.0 Å². The molecule has 47 heavy (non-hydrogen) atoms. The van der Waals surface area contributed by atoms with Crippen LogP contribution in [-0.2, 0) is 24.8 Å². The lowest BCUT2D eigenvalue weighted by Crippen LogP contribution is -2.74. The third-order valence-electron chi connectivity index (χ3n) is 8.11. The van der Waals surface area contributed by atoms with Crippen molar-refractivity contribution in [1.29, 1.82) is 0 Å². The predicted octanol–water partition coefficient (Wildman–Crippen LogP) is 4.30. The number of carbonyl (C=O) groups is 3. The molecule has 0 radical (unpaired) electrons. The molecule has 2 fully saturated rings. The minimum absolute atomic E-state index is 0.0741. The van der Waals surface area contributed by atoms with Crippen molar-refractivity contribution in [3.05, 3.63) is 114 Å². The van der Waals surface area contributed by atoms with Gasteiger partial charge in [0.2, 0.25) is 22.6 Å². The number of nitrogens with one attached hydrogen (secondary N) is 2. The first kappa shape index (κ1) is 32.4. The van der Waals surface area contributed by atoms with Gasteiger partial charge in [0.15, 0.2) is 0 Å². The summed E-state index contributed by atoms with van der Waals surface area (Å²) in [6.07, 6.45) is 0. The van der Waals surface area contributed by atoms with Crippen molar-refractivity contribution in [2.75, 3.05) is 30.4 Å². The Kier molecular flexibility index (Phi) is 9.43. The van der Waals surface area contributed by atoms with E-state index in [9.17, 15) is 23.9 Å². The number of β-lactam (4-membered cyclic amide) rings is 1. The third kappa shape index (κ3) is 6.03. The second-order valence-electron chi connectivity index (χ2n) is 10.9. The number of hydrogen-bond acceptors (Lipinski definition) is 10. The normalized spacial score (nSPS) is 20.9. The van der Waals surface area contributed by atoms with Crippen LogP contribution in [0.1, 0.15) is 22.5 Å². The van der Waals surface area contributed by atoms with Crippen molar-refractivity contribution >= 4 is 63.5 Å². The van der Waals surface area contributed by atoms with Crippen LogP contribution < -0.4 is 10.6 Å². The number of thioether (sulfide) groups is 1. The van der Waals surface area contributed by atoms with Gasteiger partial charge in [-0.3, -0.25) is 14.4 Å². The molecule has 3 N–H and O–H groups in total. The van der Waals surface area contributed by atoms with Crippen LogP contribution in [0.25, 0.3) is 0 Å². The van der Waals surface area contributed by atoms with E-state index in [1.807, 2.05) is 91.0 Å². The van der Waals surface area contributed by atoms with Crippen LogP contribution in [0.4, 0.5) is 9.52 Å². The molecule has 0 spiro atoms. The van der Waals surface area contributed by atoms with E-state index < -0.39 is 52.7 Å². The first-order valence-electron chi connectivity index (χ1n) is 14.4. The van der Waals surface area contributed by atoms with Gasteiger partial charge in [0.1, 0.15) is 22.4 Å². The molecule has 0 bridgehead atoms. The van der Waals surface area contributed by atoms with Crippen LogP contribution in [0, 0.1) is 5.41 Å². The summed E-state index contributed by atoms with van der Waals surface area (Å²) in [6, 6.07) is 28.5. The van der Waals surface area contributed by atoms with Crippen LogP contribution in [-0.4, -0.2) is 79.3 Å². The van der Waals surface area contributed by atoms with Gasteiger partial charge in [0.05, 0.1) is 0 Å². The number of aliphatic carboxylic acids is 1. The topological polar surface area (TPSA) is 146 Å². The van der Waals surface area contributed by atoms with Crippen LogP contribution in [0.5, 0.6) is 0 Å². The van der Waals surface area contributed by atoms with E-state index in [1.54, 1.807) is 0 Å². The Balaban J connectivity index is 1.29. The number of carboxylic acids is 1. The Morgan fingerprint density at radius 1 is 1.04 bits per heavy atom. The molecule has 1 unspecified atom stereocenters. The first-order chi connectivity index (χ1) is 22.8. The molecule has 1 aromatic heterocycles. The molecule has 0 aliphatic carbocycles. The molecule has 3 aromatic carbocycles. The van der Waals surface area contributed by atoms with Gasteiger partial charge in [-0.1, -0.05) is 96.2 Å². The summed E-state index contributed by atoms with van der Waals surface area (Å²) in [6.45, 7) is -1.38. The number of aromatic nitrogens is 2. The van der Waals surface area contributed by atoms with Gasteiger partial charge in [-0.05, 0) is 16.7 Å². The number of benzene rings is 3. The van der Waals surface area contributed by atoms with Gasteiger partial charge in [-0.25, -0.2) is 4.39 Å². The van der Waals surface area contributed by atoms with Gasteiger partial charge >= 0.3 is 5.97 Å². The van der Waals surface area contributed by atoms with Crippen molar-refractivity contribution in [3.63, 3.8) is 0 Å². The second kappa shape index (κ2) is 13.7. The Morgan fingerprint density at radius 2 is 1.62 bits per heavy atom. The average molecular weight is 695 g/mol. The highest BCUT2D eigenvalue weighted by atomic mass is 35.5. The predicted molar refractivity (Wildman–Crippen MR) is 177 cm³/mol. The summed E-state index contributed by atoms with van der Waals surface area (Å²) in [5, 5.41) is 19.3. The molecule has 3 heterocycles. The maximum absolute atomic E-state index is 13.5. The van der Waals surface area contributed by atoms with Crippen LogP contribution >= 0.6 is 34.9 Å². The number of carbonyl (C=O) groups excluding carboxylic acids is 2. The van der Waals surface area contributed by atoms with Gasteiger partial charge in [-0.2, -0.15) is 9.36 Å². The fraction of sp³-hybridized carbons (Fsp3) is 0.250. The summed E-state index contributed by atoms with van der Waals surface area (Å²) < 4.78 is 17.4. The lowest BCUT2D eigenvalue weighted by atomic mass is 9.77. The summed E-state index contributed by atoms with van der Waals surface area (Å²) in [5.41, 5.74) is 0.118. The Morgan fingerprint density at radius 3 is 2.13 bits per heavy atom. The zero-order valence-electron chi connectivity index (χ0n) is 24.6. The lowest BCUT2D eigenvalue weighted by molar-refractivity contribution is -0.157. The highest BCUT2D eigenvalue weighted by Crippen LogP contribution is 2.43.